The Morgan fingerprint density at radius 2 is 1.54 bits per heavy atom. The van der Waals surface area contributed by atoms with Gasteiger partial charge in [-0.05, 0) is 49.1 Å². The van der Waals surface area contributed by atoms with Gasteiger partial charge in [0.2, 0.25) is 29.5 Å². The van der Waals surface area contributed by atoms with E-state index in [1.54, 1.807) is 33.0 Å². The first-order valence-corrected chi connectivity index (χ1v) is 15.9. The van der Waals surface area contributed by atoms with E-state index in [-0.39, 0.29) is 17.7 Å². The number of rotatable bonds is 14. The van der Waals surface area contributed by atoms with Crippen molar-refractivity contribution in [2.45, 2.75) is 71.6 Å². The third-order valence-corrected chi connectivity index (χ3v) is 8.02. The number of carboxylic acid groups (broad SMARTS) is 1. The monoisotopic (exact) mass is 688 g/mol. The van der Waals surface area contributed by atoms with Gasteiger partial charge in [-0.15, -0.1) is 0 Å². The van der Waals surface area contributed by atoms with E-state index in [4.69, 9.17) is 4.42 Å². The number of aliphatic carboxylic acids is 1. The molecule has 0 saturated heterocycles. The zero-order valence-corrected chi connectivity index (χ0v) is 28.2. The summed E-state index contributed by atoms with van der Waals surface area (Å²) in [6.45, 7) is 7.72. The summed E-state index contributed by atoms with van der Waals surface area (Å²) in [5, 5.41) is 23.7. The van der Waals surface area contributed by atoms with Crippen LogP contribution < -0.4 is 32.2 Å². The molecule has 0 spiro atoms. The van der Waals surface area contributed by atoms with Crippen LogP contribution in [-0.4, -0.2) is 69.8 Å². The lowest BCUT2D eigenvalue weighted by Crippen LogP contribution is -2.58. The Balaban J connectivity index is 1.42. The van der Waals surface area contributed by atoms with Gasteiger partial charge in [0.1, 0.15) is 29.8 Å². The number of hydrogen-bond donors (Lipinski definition) is 7. The lowest BCUT2D eigenvalue weighted by molar-refractivity contribution is -0.140. The molecule has 2 aromatic heterocycles. The van der Waals surface area contributed by atoms with E-state index in [0.29, 0.717) is 10.9 Å². The molecule has 4 rings (SSSR count). The predicted molar refractivity (Wildman–Crippen MR) is 184 cm³/mol. The molecule has 2 heterocycles. The minimum absolute atomic E-state index is 0.140. The van der Waals surface area contributed by atoms with Crippen LogP contribution in [0.25, 0.3) is 21.9 Å². The maximum absolute atomic E-state index is 13.4. The maximum atomic E-state index is 13.4. The summed E-state index contributed by atoms with van der Waals surface area (Å²) >= 11 is 0. The van der Waals surface area contributed by atoms with Crippen LogP contribution in [0.15, 0.2) is 63.9 Å². The largest absolute Gasteiger partial charge is 0.481 e. The van der Waals surface area contributed by atoms with Gasteiger partial charge in [-0.3, -0.25) is 28.8 Å². The molecule has 264 valence electrons. The molecule has 0 saturated carbocycles. The molecule has 7 N–H and O–H groups in total. The van der Waals surface area contributed by atoms with Gasteiger partial charge in [-0.1, -0.05) is 32.0 Å². The molecular formula is C35H40N6O9. The lowest BCUT2D eigenvalue weighted by atomic mass is 10.0. The van der Waals surface area contributed by atoms with Crippen molar-refractivity contribution in [3.8, 4) is 0 Å². The number of benzene rings is 2. The summed E-state index contributed by atoms with van der Waals surface area (Å²) in [4.78, 5) is 91.5. The van der Waals surface area contributed by atoms with E-state index in [2.05, 4.69) is 31.6 Å². The fourth-order valence-corrected chi connectivity index (χ4v) is 5.45. The van der Waals surface area contributed by atoms with Gasteiger partial charge in [-0.2, -0.15) is 0 Å². The molecule has 0 fully saturated rings. The summed E-state index contributed by atoms with van der Waals surface area (Å²) in [7, 11) is 0. The second kappa shape index (κ2) is 15.9. The maximum Gasteiger partial charge on any atom is 0.336 e. The first-order chi connectivity index (χ1) is 23.6. The van der Waals surface area contributed by atoms with Crippen molar-refractivity contribution < 1.29 is 38.3 Å². The third-order valence-electron chi connectivity index (χ3n) is 8.02. The highest BCUT2D eigenvalue weighted by Gasteiger charge is 2.32. The van der Waals surface area contributed by atoms with Crippen LogP contribution in [0.3, 0.4) is 0 Å². The molecule has 0 unspecified atom stereocenters. The number of carbonyl (C=O) groups excluding carboxylic acids is 5. The normalized spacial score (nSPS) is 13.6. The van der Waals surface area contributed by atoms with Gasteiger partial charge in [0.15, 0.2) is 0 Å². The molecule has 2 aromatic carbocycles. The number of amides is 5. The Kier molecular flexibility index (Phi) is 11.7. The standard InChI is InChI=1S/C35H40N6O9/c1-17(2)31(41-34(48)26(38-20(5)42)13-21-16-36-25-9-7-6-8-24(21)25)35(49)37-19(4)32(46)40-27(15-29(43)44)33(47)39-22-10-11-23-18(3)12-30(45)50-28(23)14-22/h6-12,14,16-17,19,26-27,31,36H,13,15H2,1-5H3,(H,37,49)(H,38,42)(H,39,47)(H,40,46)(H,41,48)(H,43,44)/t19-,26-,27-,31-/m0/s1. The second-order valence-electron chi connectivity index (χ2n) is 12.4. The van der Waals surface area contributed by atoms with Crippen LogP contribution in [0.4, 0.5) is 5.69 Å². The Bertz CT molecular complexity index is 2000. The van der Waals surface area contributed by atoms with Crippen LogP contribution >= 0.6 is 0 Å². The molecule has 15 nitrogen and oxygen atoms in total. The molecule has 0 aliphatic carbocycles. The van der Waals surface area contributed by atoms with Crippen LogP contribution in [0, 0.1) is 12.8 Å². The topological polar surface area (TPSA) is 229 Å². The summed E-state index contributed by atoms with van der Waals surface area (Å²) in [5.74, 6) is -5.30. The molecule has 5 amide bonds. The molecule has 0 aliphatic heterocycles. The Hall–Kier alpha value is -5.99. The van der Waals surface area contributed by atoms with Gasteiger partial charge in [-0.25, -0.2) is 4.79 Å². The smallest absolute Gasteiger partial charge is 0.336 e. The van der Waals surface area contributed by atoms with Crippen molar-refractivity contribution >= 4 is 63.1 Å². The number of nitrogens with one attached hydrogen (secondary N) is 6. The zero-order valence-electron chi connectivity index (χ0n) is 28.2. The summed E-state index contributed by atoms with van der Waals surface area (Å²) in [6.07, 6.45) is 1.12. The van der Waals surface area contributed by atoms with Gasteiger partial charge < -0.3 is 41.1 Å². The van der Waals surface area contributed by atoms with Crippen molar-refractivity contribution in [3.05, 3.63) is 76.3 Å². The van der Waals surface area contributed by atoms with Crippen LogP contribution in [0.1, 0.15) is 45.2 Å². The highest BCUT2D eigenvalue weighted by Crippen LogP contribution is 2.22. The first-order valence-electron chi connectivity index (χ1n) is 15.9. The third kappa shape index (κ3) is 9.33. The second-order valence-corrected chi connectivity index (χ2v) is 12.4. The fourth-order valence-electron chi connectivity index (χ4n) is 5.45. The summed E-state index contributed by atoms with van der Waals surface area (Å²) in [6, 6.07) is 8.45. The number of carbonyl (C=O) groups is 6. The van der Waals surface area contributed by atoms with E-state index in [0.717, 1.165) is 16.5 Å². The van der Waals surface area contributed by atoms with Gasteiger partial charge in [0, 0.05) is 53.7 Å². The van der Waals surface area contributed by atoms with E-state index in [1.807, 2.05) is 24.3 Å². The quantitative estimate of drug-likeness (QED) is 0.0958. The number of aromatic amines is 1. The molecule has 50 heavy (non-hydrogen) atoms. The number of hydrogen-bond acceptors (Lipinski definition) is 8. The summed E-state index contributed by atoms with van der Waals surface area (Å²) in [5.41, 5.74) is 2.13. The average Bonchev–Trinajstić information content (AvgIpc) is 3.44. The minimum Gasteiger partial charge on any atom is -0.481 e. The van der Waals surface area contributed by atoms with E-state index in [1.165, 1.54) is 32.0 Å². The van der Waals surface area contributed by atoms with Crippen LogP contribution in [0.5, 0.6) is 0 Å². The van der Waals surface area contributed by atoms with E-state index < -0.39 is 77.6 Å². The SMILES string of the molecule is CC(=O)N[C@@H](Cc1c[nH]c2ccccc12)C(=O)N[C@H](C(=O)N[C@@H](C)C(=O)N[C@@H](CC(=O)O)C(=O)Nc1ccc2c(C)cc(=O)oc2c1)C(C)C. The Morgan fingerprint density at radius 1 is 0.820 bits per heavy atom. The fraction of sp³-hybridized carbons (Fsp3) is 0.343. The van der Waals surface area contributed by atoms with Crippen molar-refractivity contribution in [2.75, 3.05) is 5.32 Å². The number of anilines is 1. The highest BCUT2D eigenvalue weighted by molar-refractivity contribution is 6.01. The highest BCUT2D eigenvalue weighted by atomic mass is 16.4. The number of carboxylic acids is 1. The molecule has 15 heteroatoms. The van der Waals surface area contributed by atoms with Crippen molar-refractivity contribution in [1.82, 2.24) is 26.3 Å². The lowest BCUT2D eigenvalue weighted by Gasteiger charge is -2.27. The number of aromatic nitrogens is 1. The average molecular weight is 689 g/mol. The van der Waals surface area contributed by atoms with Gasteiger partial charge in [0.05, 0.1) is 6.42 Å². The molecule has 4 atom stereocenters. The number of para-hydroxylation sites is 1. The van der Waals surface area contributed by atoms with Crippen molar-refractivity contribution in [2.24, 2.45) is 5.92 Å². The Labute approximate surface area is 286 Å². The van der Waals surface area contributed by atoms with Gasteiger partial charge in [0.25, 0.3) is 0 Å². The van der Waals surface area contributed by atoms with Crippen molar-refractivity contribution in [3.63, 3.8) is 0 Å². The number of fused-ring (bicyclic) bond motifs is 2. The molecule has 0 bridgehead atoms. The van der Waals surface area contributed by atoms with Crippen LogP contribution in [0.2, 0.25) is 0 Å². The van der Waals surface area contributed by atoms with Crippen LogP contribution in [-0.2, 0) is 35.2 Å². The minimum atomic E-state index is -1.54. The number of H-pyrrole nitrogens is 1. The van der Waals surface area contributed by atoms with E-state index >= 15 is 0 Å². The predicted octanol–water partition coefficient (Wildman–Crippen LogP) is 1.87. The molecular weight excluding hydrogens is 648 g/mol. The summed E-state index contributed by atoms with van der Waals surface area (Å²) < 4.78 is 5.19. The molecule has 0 aliphatic rings. The van der Waals surface area contributed by atoms with E-state index in [9.17, 15) is 38.7 Å². The molecule has 0 radical (unpaired) electrons. The van der Waals surface area contributed by atoms with Crippen molar-refractivity contribution in [1.29, 1.82) is 0 Å². The molecule has 4 aromatic rings. The first kappa shape index (κ1) is 36.8. The zero-order chi connectivity index (χ0) is 36.7. The number of aryl methyl sites for hydroxylation is 1. The Morgan fingerprint density at radius 3 is 2.22 bits per heavy atom. The van der Waals surface area contributed by atoms with Gasteiger partial charge >= 0.3 is 11.6 Å².